The van der Waals surface area contributed by atoms with Crippen LogP contribution in [0.1, 0.15) is 65.1 Å². The molecule has 0 radical (unpaired) electrons. The van der Waals surface area contributed by atoms with E-state index in [1.165, 1.54) is 0 Å². The Kier molecular flexibility index (Phi) is 5.94. The maximum Gasteiger partial charge on any atom is 0.231 e. The normalized spacial score (nSPS) is 18.0. The van der Waals surface area contributed by atoms with Crippen LogP contribution in [0, 0.1) is 0 Å². The Hall–Kier alpha value is -0.940. The zero-order chi connectivity index (χ0) is 14.5. The number of rotatable bonds is 8. The first kappa shape index (κ1) is 16.1. The Morgan fingerprint density at radius 1 is 1.37 bits per heavy atom. The van der Waals surface area contributed by atoms with E-state index in [9.17, 15) is 0 Å². The van der Waals surface area contributed by atoms with Crippen LogP contribution in [-0.4, -0.2) is 29.8 Å². The van der Waals surface area contributed by atoms with Crippen LogP contribution < -0.4 is 5.32 Å². The number of nitrogens with one attached hydrogen (secondary N) is 1. The summed E-state index contributed by atoms with van der Waals surface area (Å²) in [6, 6.07) is 0.318. The number of methoxy groups -OCH3 is 1. The van der Waals surface area contributed by atoms with Gasteiger partial charge in [0.1, 0.15) is 5.60 Å². The molecule has 5 nitrogen and oxygen atoms in total. The lowest BCUT2D eigenvalue weighted by Gasteiger charge is -2.22. The van der Waals surface area contributed by atoms with Crippen LogP contribution in [0.5, 0.6) is 0 Å². The molecule has 0 aliphatic carbocycles. The molecular formula is C14H27N3O2. The average Bonchev–Trinajstić information content (AvgIpc) is 2.89. The summed E-state index contributed by atoms with van der Waals surface area (Å²) in [7, 11) is 1.68. The van der Waals surface area contributed by atoms with Gasteiger partial charge in [-0.3, -0.25) is 0 Å². The number of nitrogens with zero attached hydrogens (tertiary/aromatic N) is 2. The summed E-state index contributed by atoms with van der Waals surface area (Å²) in [5, 5.41) is 7.51. The molecule has 0 saturated heterocycles. The zero-order valence-corrected chi connectivity index (χ0v) is 13.0. The summed E-state index contributed by atoms with van der Waals surface area (Å²) in [5.41, 5.74) is -0.471. The highest BCUT2D eigenvalue weighted by Gasteiger charge is 2.32. The van der Waals surface area contributed by atoms with Gasteiger partial charge in [-0.25, -0.2) is 0 Å². The Balaban J connectivity index is 2.94. The summed E-state index contributed by atoms with van der Waals surface area (Å²) in [6.07, 6.45) is 1.77. The fourth-order valence-corrected chi connectivity index (χ4v) is 2.20. The van der Waals surface area contributed by atoms with Gasteiger partial charge >= 0.3 is 0 Å². The van der Waals surface area contributed by atoms with E-state index in [1.54, 1.807) is 7.11 Å². The van der Waals surface area contributed by atoms with Gasteiger partial charge in [-0.2, -0.15) is 4.98 Å². The third-order valence-electron chi connectivity index (χ3n) is 3.93. The SMILES string of the molecule is CCNC(C)C(CC)c1nc(C(C)(CC)OC)no1. The lowest BCUT2D eigenvalue weighted by atomic mass is 9.98. The summed E-state index contributed by atoms with van der Waals surface area (Å²) >= 11 is 0. The topological polar surface area (TPSA) is 60.2 Å². The third kappa shape index (κ3) is 3.54. The largest absolute Gasteiger partial charge is 0.370 e. The summed E-state index contributed by atoms with van der Waals surface area (Å²) in [5.74, 6) is 1.57. The highest BCUT2D eigenvalue weighted by Crippen LogP contribution is 2.28. The second-order valence-electron chi connectivity index (χ2n) is 5.11. The number of likely N-dealkylation sites (N-methyl/N-ethyl adjacent to an activating group) is 1. The number of hydrogen-bond donors (Lipinski definition) is 1. The molecule has 110 valence electrons. The zero-order valence-electron chi connectivity index (χ0n) is 13.0. The van der Waals surface area contributed by atoms with E-state index in [1.807, 2.05) is 6.92 Å². The van der Waals surface area contributed by atoms with Gasteiger partial charge in [-0.1, -0.05) is 25.9 Å². The average molecular weight is 269 g/mol. The Morgan fingerprint density at radius 3 is 2.53 bits per heavy atom. The standard InChI is InChI=1S/C14H27N3O2/c1-7-11(10(4)15-9-3)12-16-13(17-19-12)14(5,8-2)18-6/h10-11,15H,7-9H2,1-6H3. The van der Waals surface area contributed by atoms with E-state index in [0.717, 1.165) is 19.4 Å². The van der Waals surface area contributed by atoms with E-state index in [4.69, 9.17) is 9.26 Å². The van der Waals surface area contributed by atoms with E-state index < -0.39 is 5.60 Å². The highest BCUT2D eigenvalue weighted by atomic mass is 16.5. The second-order valence-corrected chi connectivity index (χ2v) is 5.11. The van der Waals surface area contributed by atoms with E-state index in [-0.39, 0.29) is 5.92 Å². The molecule has 1 N–H and O–H groups in total. The van der Waals surface area contributed by atoms with Gasteiger partial charge in [0.2, 0.25) is 11.7 Å². The van der Waals surface area contributed by atoms with Crippen LogP contribution in [0.3, 0.4) is 0 Å². The summed E-state index contributed by atoms with van der Waals surface area (Å²) in [4.78, 5) is 4.56. The predicted octanol–water partition coefficient (Wildman–Crippen LogP) is 2.83. The van der Waals surface area contributed by atoms with Crippen LogP contribution >= 0.6 is 0 Å². The predicted molar refractivity (Wildman–Crippen MR) is 75.1 cm³/mol. The minimum absolute atomic E-state index is 0.235. The number of ether oxygens (including phenoxy) is 1. The first-order chi connectivity index (χ1) is 9.02. The first-order valence-electron chi connectivity index (χ1n) is 7.14. The Labute approximate surface area is 116 Å². The molecule has 5 heteroatoms. The monoisotopic (exact) mass is 269 g/mol. The van der Waals surface area contributed by atoms with Gasteiger partial charge in [0.15, 0.2) is 0 Å². The highest BCUT2D eigenvalue weighted by molar-refractivity contribution is 5.03. The van der Waals surface area contributed by atoms with Crippen molar-refractivity contribution in [3.05, 3.63) is 11.7 Å². The Morgan fingerprint density at radius 2 is 2.05 bits per heavy atom. The quantitative estimate of drug-likeness (QED) is 0.786. The second kappa shape index (κ2) is 7.01. The van der Waals surface area contributed by atoms with Crippen molar-refractivity contribution in [2.24, 2.45) is 0 Å². The van der Waals surface area contributed by atoms with Gasteiger partial charge in [0, 0.05) is 13.2 Å². The lowest BCUT2D eigenvalue weighted by Crippen LogP contribution is -2.32. The molecule has 0 aliphatic rings. The minimum Gasteiger partial charge on any atom is -0.370 e. The molecule has 1 rings (SSSR count). The number of hydrogen-bond acceptors (Lipinski definition) is 5. The van der Waals surface area contributed by atoms with Crippen molar-refractivity contribution in [2.45, 2.75) is 65.0 Å². The molecule has 19 heavy (non-hydrogen) atoms. The van der Waals surface area contributed by atoms with Crippen molar-refractivity contribution < 1.29 is 9.26 Å². The molecule has 3 unspecified atom stereocenters. The van der Waals surface area contributed by atoms with Crippen LogP contribution in [0.2, 0.25) is 0 Å². The Bertz CT molecular complexity index is 375. The van der Waals surface area contributed by atoms with Crippen molar-refractivity contribution in [1.29, 1.82) is 0 Å². The minimum atomic E-state index is -0.471. The van der Waals surface area contributed by atoms with Crippen molar-refractivity contribution >= 4 is 0 Å². The maximum absolute atomic E-state index is 5.51. The molecule has 1 aromatic rings. The molecule has 0 spiro atoms. The smallest absolute Gasteiger partial charge is 0.231 e. The lowest BCUT2D eigenvalue weighted by molar-refractivity contribution is -0.0106. The van der Waals surface area contributed by atoms with Crippen LogP contribution in [0.15, 0.2) is 4.52 Å². The molecular weight excluding hydrogens is 242 g/mol. The molecule has 0 amide bonds. The van der Waals surface area contributed by atoms with Gasteiger partial charge in [0.05, 0.1) is 5.92 Å². The molecule has 0 bridgehead atoms. The molecule has 0 fully saturated rings. The van der Waals surface area contributed by atoms with Crippen LogP contribution in [-0.2, 0) is 10.3 Å². The third-order valence-corrected chi connectivity index (χ3v) is 3.93. The van der Waals surface area contributed by atoms with Gasteiger partial charge < -0.3 is 14.6 Å². The number of aromatic nitrogens is 2. The van der Waals surface area contributed by atoms with Crippen molar-refractivity contribution in [3.63, 3.8) is 0 Å². The van der Waals surface area contributed by atoms with Crippen LogP contribution in [0.4, 0.5) is 0 Å². The van der Waals surface area contributed by atoms with Gasteiger partial charge in [-0.05, 0) is 33.2 Å². The van der Waals surface area contributed by atoms with Crippen molar-refractivity contribution in [1.82, 2.24) is 15.5 Å². The van der Waals surface area contributed by atoms with E-state index in [0.29, 0.717) is 17.8 Å². The fraction of sp³-hybridized carbons (Fsp3) is 0.857. The first-order valence-corrected chi connectivity index (χ1v) is 7.14. The van der Waals surface area contributed by atoms with Gasteiger partial charge in [0.25, 0.3) is 0 Å². The van der Waals surface area contributed by atoms with E-state index >= 15 is 0 Å². The molecule has 0 aliphatic heterocycles. The van der Waals surface area contributed by atoms with Crippen molar-refractivity contribution in [3.8, 4) is 0 Å². The fourth-order valence-electron chi connectivity index (χ4n) is 2.20. The molecule has 0 saturated carbocycles. The van der Waals surface area contributed by atoms with Crippen LogP contribution in [0.25, 0.3) is 0 Å². The molecule has 1 heterocycles. The van der Waals surface area contributed by atoms with Gasteiger partial charge in [-0.15, -0.1) is 0 Å². The molecule has 1 aromatic heterocycles. The molecule has 3 atom stereocenters. The summed E-state index contributed by atoms with van der Waals surface area (Å²) < 4.78 is 11.0. The summed E-state index contributed by atoms with van der Waals surface area (Å²) in [6.45, 7) is 11.4. The maximum atomic E-state index is 5.51. The van der Waals surface area contributed by atoms with E-state index in [2.05, 4.69) is 43.2 Å². The molecule has 0 aromatic carbocycles. The van der Waals surface area contributed by atoms with Crippen molar-refractivity contribution in [2.75, 3.05) is 13.7 Å².